The van der Waals surface area contributed by atoms with E-state index < -0.39 is 0 Å². The van der Waals surface area contributed by atoms with Gasteiger partial charge in [0.05, 0.1) is 0 Å². The lowest BCUT2D eigenvalue weighted by atomic mass is 9.85. The molecule has 162 valence electrons. The fraction of sp³-hybridized carbons (Fsp3) is 0.586. The predicted octanol–water partition coefficient (Wildman–Crippen LogP) is 8.78. The zero-order valence-corrected chi connectivity index (χ0v) is 21.9. The molecule has 0 saturated heterocycles. The van der Waals surface area contributed by atoms with Crippen LogP contribution in [0.5, 0.6) is 0 Å². The van der Waals surface area contributed by atoms with Crippen molar-refractivity contribution >= 4 is 0 Å². The second-order valence-electron chi connectivity index (χ2n) is 9.89. The highest BCUT2D eigenvalue weighted by Crippen LogP contribution is 2.31. The van der Waals surface area contributed by atoms with Crippen LogP contribution in [0.4, 0.5) is 0 Å². The van der Waals surface area contributed by atoms with Gasteiger partial charge in [0.1, 0.15) is 0 Å². The molecule has 0 nitrogen and oxygen atoms in total. The highest BCUT2D eigenvalue weighted by Gasteiger charge is 2.14. The Morgan fingerprint density at radius 1 is 0.414 bits per heavy atom. The van der Waals surface area contributed by atoms with Crippen LogP contribution in [0.2, 0.25) is 0 Å². The Morgan fingerprint density at radius 3 is 0.966 bits per heavy atom. The second kappa shape index (κ2) is 9.96. The van der Waals surface area contributed by atoms with Gasteiger partial charge in [-0.05, 0) is 154 Å². The van der Waals surface area contributed by atoms with Crippen molar-refractivity contribution in [3.05, 3.63) is 66.8 Å². The molecule has 2 aromatic carbocycles. The topological polar surface area (TPSA) is 0 Å². The largest absolute Gasteiger partial charge is 0.0625 e. The number of hydrogen-bond donors (Lipinski definition) is 0. The molecule has 2 rings (SSSR count). The summed E-state index contributed by atoms with van der Waals surface area (Å²) in [6.45, 7) is 31.7. The molecule has 0 aromatic heterocycles. The molecular weight excluding hydrogens is 348 g/mol. The Hall–Kier alpha value is -1.56. The Kier molecular flexibility index (Phi) is 8.75. The SMILES string of the molecule is Cc1c(C)c(C)c(C(C)C)c(C)c1C.Cc1c(C)c(C)c(CC(C)C)c(C)c1C. The minimum atomic E-state index is 0.632. The minimum absolute atomic E-state index is 0.632. The van der Waals surface area contributed by atoms with Crippen LogP contribution < -0.4 is 0 Å². The lowest BCUT2D eigenvalue weighted by Gasteiger charge is -2.21. The van der Waals surface area contributed by atoms with Gasteiger partial charge in [-0.15, -0.1) is 0 Å². The Labute approximate surface area is 182 Å². The van der Waals surface area contributed by atoms with Crippen molar-refractivity contribution in [3.8, 4) is 0 Å². The first-order valence-corrected chi connectivity index (χ1v) is 11.4. The van der Waals surface area contributed by atoms with E-state index in [0.29, 0.717) is 5.92 Å². The van der Waals surface area contributed by atoms with Crippen LogP contribution in [-0.4, -0.2) is 0 Å². The summed E-state index contributed by atoms with van der Waals surface area (Å²) in [5, 5.41) is 0. The van der Waals surface area contributed by atoms with Gasteiger partial charge in [-0.1, -0.05) is 27.7 Å². The zero-order valence-electron chi connectivity index (χ0n) is 21.9. The normalized spacial score (nSPS) is 11.2. The summed E-state index contributed by atoms with van der Waals surface area (Å²) < 4.78 is 0. The number of benzene rings is 2. The molecule has 0 aliphatic rings. The number of hydrogen-bond acceptors (Lipinski definition) is 0. The molecule has 0 heterocycles. The molecule has 29 heavy (non-hydrogen) atoms. The van der Waals surface area contributed by atoms with Crippen LogP contribution in [0.1, 0.15) is 100 Å². The maximum Gasteiger partial charge on any atom is -0.0213 e. The molecule has 2 aromatic rings. The lowest BCUT2D eigenvalue weighted by Crippen LogP contribution is -2.05. The van der Waals surface area contributed by atoms with Gasteiger partial charge >= 0.3 is 0 Å². The third-order valence-corrected chi connectivity index (χ3v) is 7.40. The molecule has 0 amide bonds. The van der Waals surface area contributed by atoms with E-state index in [4.69, 9.17) is 0 Å². The molecule has 0 spiro atoms. The smallest absolute Gasteiger partial charge is 0.0213 e. The molecule has 0 aliphatic carbocycles. The van der Waals surface area contributed by atoms with E-state index in [2.05, 4.69) is 96.9 Å². The monoisotopic (exact) mass is 394 g/mol. The van der Waals surface area contributed by atoms with Gasteiger partial charge in [0.25, 0.3) is 0 Å². The van der Waals surface area contributed by atoms with E-state index in [-0.39, 0.29) is 0 Å². The fourth-order valence-electron chi connectivity index (χ4n) is 4.69. The molecule has 0 aliphatic heterocycles. The third kappa shape index (κ3) is 5.33. The molecule has 0 bridgehead atoms. The highest BCUT2D eigenvalue weighted by atomic mass is 14.2. The molecule has 0 saturated carbocycles. The van der Waals surface area contributed by atoms with E-state index in [1.807, 2.05) is 0 Å². The summed E-state index contributed by atoms with van der Waals surface area (Å²) in [5.41, 5.74) is 17.9. The summed E-state index contributed by atoms with van der Waals surface area (Å²) >= 11 is 0. The molecule has 0 heteroatoms. The molecule has 0 unspecified atom stereocenters. The average molecular weight is 395 g/mol. The predicted molar refractivity (Wildman–Crippen MR) is 133 cm³/mol. The van der Waals surface area contributed by atoms with Crippen LogP contribution in [0.15, 0.2) is 0 Å². The van der Waals surface area contributed by atoms with E-state index in [0.717, 1.165) is 5.92 Å². The second-order valence-corrected chi connectivity index (χ2v) is 9.89. The van der Waals surface area contributed by atoms with E-state index in [1.165, 1.54) is 62.1 Å². The van der Waals surface area contributed by atoms with E-state index >= 15 is 0 Å². The summed E-state index contributed by atoms with van der Waals surface area (Å²) in [4.78, 5) is 0. The Morgan fingerprint density at radius 2 is 0.690 bits per heavy atom. The van der Waals surface area contributed by atoms with Gasteiger partial charge in [0, 0.05) is 0 Å². The van der Waals surface area contributed by atoms with Crippen molar-refractivity contribution in [2.24, 2.45) is 5.92 Å². The van der Waals surface area contributed by atoms with Gasteiger partial charge in [-0.2, -0.15) is 0 Å². The van der Waals surface area contributed by atoms with Crippen LogP contribution in [0, 0.1) is 75.2 Å². The quantitative estimate of drug-likeness (QED) is 0.488. The highest BCUT2D eigenvalue weighted by molar-refractivity contribution is 5.51. The molecular formula is C29H46. The van der Waals surface area contributed by atoms with Crippen LogP contribution in [-0.2, 0) is 6.42 Å². The first-order valence-electron chi connectivity index (χ1n) is 11.4. The lowest BCUT2D eigenvalue weighted by molar-refractivity contribution is 0.641. The van der Waals surface area contributed by atoms with Gasteiger partial charge < -0.3 is 0 Å². The standard InChI is InChI=1S/C15H24.C14H22/c1-9(2)8-15-13(6)11(4)10(3)12(5)14(15)7;1-8(2)14-12(6)10(4)9(3)11(5)13(14)7/h9H,8H2,1-7H3;8H,1-7H3. The van der Waals surface area contributed by atoms with Crippen molar-refractivity contribution in [1.82, 2.24) is 0 Å². The van der Waals surface area contributed by atoms with Crippen LogP contribution in [0.3, 0.4) is 0 Å². The van der Waals surface area contributed by atoms with Crippen LogP contribution >= 0.6 is 0 Å². The average Bonchev–Trinajstić information content (AvgIpc) is 2.65. The number of rotatable bonds is 3. The first-order chi connectivity index (χ1) is 13.2. The van der Waals surface area contributed by atoms with Gasteiger partial charge in [0.2, 0.25) is 0 Å². The Balaban J connectivity index is 0.000000291. The maximum absolute atomic E-state index is 2.30. The van der Waals surface area contributed by atoms with Crippen molar-refractivity contribution < 1.29 is 0 Å². The Bertz CT molecular complexity index is 818. The van der Waals surface area contributed by atoms with Crippen molar-refractivity contribution in [2.75, 3.05) is 0 Å². The summed E-state index contributed by atoms with van der Waals surface area (Å²) in [5.74, 6) is 1.37. The van der Waals surface area contributed by atoms with Gasteiger partial charge in [0.15, 0.2) is 0 Å². The molecule has 0 radical (unpaired) electrons. The first kappa shape index (κ1) is 25.5. The van der Waals surface area contributed by atoms with E-state index in [9.17, 15) is 0 Å². The van der Waals surface area contributed by atoms with Crippen molar-refractivity contribution in [1.29, 1.82) is 0 Å². The summed E-state index contributed by atoms with van der Waals surface area (Å²) in [7, 11) is 0. The van der Waals surface area contributed by atoms with Crippen molar-refractivity contribution in [2.45, 2.75) is 109 Å². The molecule has 0 fully saturated rings. The van der Waals surface area contributed by atoms with Crippen molar-refractivity contribution in [3.63, 3.8) is 0 Å². The maximum atomic E-state index is 2.30. The third-order valence-electron chi connectivity index (χ3n) is 7.40. The van der Waals surface area contributed by atoms with Gasteiger partial charge in [-0.25, -0.2) is 0 Å². The van der Waals surface area contributed by atoms with Crippen LogP contribution in [0.25, 0.3) is 0 Å². The molecule has 0 atom stereocenters. The van der Waals surface area contributed by atoms with E-state index in [1.54, 1.807) is 11.1 Å². The molecule has 0 N–H and O–H groups in total. The van der Waals surface area contributed by atoms with Gasteiger partial charge in [-0.3, -0.25) is 0 Å². The summed E-state index contributed by atoms with van der Waals surface area (Å²) in [6.07, 6.45) is 1.21. The minimum Gasteiger partial charge on any atom is -0.0625 e. The fourth-order valence-corrected chi connectivity index (χ4v) is 4.69. The zero-order chi connectivity index (χ0) is 22.8. The summed E-state index contributed by atoms with van der Waals surface area (Å²) in [6, 6.07) is 0.